The molecule has 0 saturated carbocycles. The van der Waals surface area contributed by atoms with Gasteiger partial charge in [0.25, 0.3) is 5.91 Å². The standard InChI is InChI=1S/C14H19FN2O2/c1-9-5-11(6-10(2)13(9)15)7-17-14(18)12-8-16-3-4-19-12/h5-6,12,16H,3-4,7-8H2,1-2H3,(H,17,18). The molecule has 0 radical (unpaired) electrons. The smallest absolute Gasteiger partial charge is 0.250 e. The molecular weight excluding hydrogens is 247 g/mol. The summed E-state index contributed by atoms with van der Waals surface area (Å²) in [5.74, 6) is -0.318. The average Bonchev–Trinajstić information content (AvgIpc) is 2.43. The zero-order valence-electron chi connectivity index (χ0n) is 11.3. The number of hydrogen-bond donors (Lipinski definition) is 2. The molecule has 1 amide bonds. The Bertz CT molecular complexity index is 448. The summed E-state index contributed by atoms with van der Waals surface area (Å²) in [4.78, 5) is 11.9. The number of morpholine rings is 1. The Morgan fingerprint density at radius 2 is 2.16 bits per heavy atom. The van der Waals surface area contributed by atoms with Crippen molar-refractivity contribution in [1.29, 1.82) is 0 Å². The van der Waals surface area contributed by atoms with Gasteiger partial charge in [0.15, 0.2) is 0 Å². The van der Waals surface area contributed by atoms with Crippen molar-refractivity contribution >= 4 is 5.91 Å². The molecule has 1 aromatic rings. The van der Waals surface area contributed by atoms with Crippen molar-refractivity contribution < 1.29 is 13.9 Å². The summed E-state index contributed by atoms with van der Waals surface area (Å²) in [5.41, 5.74) is 2.09. The second-order valence-electron chi connectivity index (χ2n) is 4.82. The van der Waals surface area contributed by atoms with Crippen LogP contribution in [0, 0.1) is 19.7 Å². The summed E-state index contributed by atoms with van der Waals surface area (Å²) in [7, 11) is 0. The van der Waals surface area contributed by atoms with E-state index in [9.17, 15) is 9.18 Å². The Hall–Kier alpha value is -1.46. The summed E-state index contributed by atoms with van der Waals surface area (Å²) in [6, 6.07) is 3.51. The van der Waals surface area contributed by atoms with E-state index in [-0.39, 0.29) is 11.7 Å². The number of amides is 1. The largest absolute Gasteiger partial charge is 0.366 e. The van der Waals surface area contributed by atoms with Gasteiger partial charge in [0.1, 0.15) is 11.9 Å². The molecule has 0 aliphatic carbocycles. The number of rotatable bonds is 3. The number of nitrogens with one attached hydrogen (secondary N) is 2. The summed E-state index contributed by atoms with van der Waals surface area (Å²) in [6.07, 6.45) is -0.434. The van der Waals surface area contributed by atoms with E-state index in [1.54, 1.807) is 26.0 Å². The molecule has 5 heteroatoms. The molecule has 1 saturated heterocycles. The quantitative estimate of drug-likeness (QED) is 0.859. The zero-order chi connectivity index (χ0) is 13.8. The molecule has 1 heterocycles. The molecule has 1 unspecified atom stereocenters. The van der Waals surface area contributed by atoms with Gasteiger partial charge in [0, 0.05) is 19.6 Å². The lowest BCUT2D eigenvalue weighted by molar-refractivity contribution is -0.134. The Morgan fingerprint density at radius 1 is 1.47 bits per heavy atom. The van der Waals surface area contributed by atoms with Crippen LogP contribution in [0.3, 0.4) is 0 Å². The van der Waals surface area contributed by atoms with E-state index in [1.165, 1.54) is 0 Å². The van der Waals surface area contributed by atoms with Crippen LogP contribution in [0.1, 0.15) is 16.7 Å². The van der Waals surface area contributed by atoms with Gasteiger partial charge in [-0.15, -0.1) is 0 Å². The van der Waals surface area contributed by atoms with Crippen molar-refractivity contribution in [3.8, 4) is 0 Å². The van der Waals surface area contributed by atoms with Gasteiger partial charge in [-0.1, -0.05) is 12.1 Å². The van der Waals surface area contributed by atoms with Gasteiger partial charge in [-0.25, -0.2) is 4.39 Å². The summed E-state index contributed by atoms with van der Waals surface area (Å²) in [5, 5.41) is 5.92. The number of aryl methyl sites for hydroxylation is 2. The molecule has 1 aromatic carbocycles. The molecule has 1 atom stereocenters. The predicted octanol–water partition coefficient (Wildman–Crippen LogP) is 1.05. The maximum Gasteiger partial charge on any atom is 0.250 e. The first-order valence-corrected chi connectivity index (χ1v) is 6.43. The topological polar surface area (TPSA) is 50.4 Å². The molecule has 0 bridgehead atoms. The monoisotopic (exact) mass is 266 g/mol. The van der Waals surface area contributed by atoms with E-state index < -0.39 is 6.10 Å². The van der Waals surface area contributed by atoms with Gasteiger partial charge in [0.05, 0.1) is 6.61 Å². The second kappa shape index (κ2) is 6.12. The lowest BCUT2D eigenvalue weighted by Crippen LogP contribution is -2.47. The highest BCUT2D eigenvalue weighted by Crippen LogP contribution is 2.14. The predicted molar refractivity (Wildman–Crippen MR) is 70.3 cm³/mol. The van der Waals surface area contributed by atoms with Crippen LogP contribution >= 0.6 is 0 Å². The Balaban J connectivity index is 1.93. The maximum absolute atomic E-state index is 13.5. The van der Waals surface area contributed by atoms with Gasteiger partial charge >= 0.3 is 0 Å². The molecule has 104 valence electrons. The molecule has 1 aliphatic heterocycles. The lowest BCUT2D eigenvalue weighted by atomic mass is 10.1. The minimum absolute atomic E-state index is 0.133. The average molecular weight is 266 g/mol. The minimum atomic E-state index is -0.434. The van der Waals surface area contributed by atoms with E-state index in [1.807, 2.05) is 0 Å². The van der Waals surface area contributed by atoms with Crippen molar-refractivity contribution in [1.82, 2.24) is 10.6 Å². The summed E-state index contributed by atoms with van der Waals surface area (Å²) in [6.45, 7) is 5.70. The van der Waals surface area contributed by atoms with Crippen LogP contribution in [0.15, 0.2) is 12.1 Å². The number of halogens is 1. The van der Waals surface area contributed by atoms with E-state index in [2.05, 4.69) is 10.6 Å². The molecule has 19 heavy (non-hydrogen) atoms. The molecule has 1 aliphatic rings. The number of carbonyl (C=O) groups excluding carboxylic acids is 1. The first-order valence-electron chi connectivity index (χ1n) is 6.43. The van der Waals surface area contributed by atoms with Crippen LogP contribution in [-0.4, -0.2) is 31.7 Å². The van der Waals surface area contributed by atoms with Gasteiger partial charge in [-0.05, 0) is 30.5 Å². The van der Waals surface area contributed by atoms with Gasteiger partial charge in [0.2, 0.25) is 0 Å². The lowest BCUT2D eigenvalue weighted by Gasteiger charge is -2.22. The minimum Gasteiger partial charge on any atom is -0.366 e. The van der Waals surface area contributed by atoms with E-state index in [0.29, 0.717) is 30.8 Å². The first kappa shape index (κ1) is 14.0. The van der Waals surface area contributed by atoms with E-state index in [0.717, 1.165) is 12.1 Å². The van der Waals surface area contributed by atoms with Crippen molar-refractivity contribution in [2.75, 3.05) is 19.7 Å². The molecule has 0 aromatic heterocycles. The number of carbonyl (C=O) groups is 1. The van der Waals surface area contributed by atoms with Crippen LogP contribution in [0.5, 0.6) is 0 Å². The number of benzene rings is 1. The van der Waals surface area contributed by atoms with Crippen molar-refractivity contribution in [3.05, 3.63) is 34.6 Å². The third kappa shape index (κ3) is 3.52. The van der Waals surface area contributed by atoms with Crippen LogP contribution in [-0.2, 0) is 16.1 Å². The summed E-state index contributed by atoms with van der Waals surface area (Å²) < 4.78 is 18.8. The third-order valence-electron chi connectivity index (χ3n) is 3.18. The third-order valence-corrected chi connectivity index (χ3v) is 3.18. The second-order valence-corrected chi connectivity index (χ2v) is 4.82. The first-order chi connectivity index (χ1) is 9.08. The van der Waals surface area contributed by atoms with E-state index >= 15 is 0 Å². The van der Waals surface area contributed by atoms with Crippen LogP contribution < -0.4 is 10.6 Å². The fraction of sp³-hybridized carbons (Fsp3) is 0.500. The van der Waals surface area contributed by atoms with Gasteiger partial charge < -0.3 is 15.4 Å². The molecule has 0 spiro atoms. The van der Waals surface area contributed by atoms with Crippen LogP contribution in [0.2, 0.25) is 0 Å². The summed E-state index contributed by atoms with van der Waals surface area (Å²) >= 11 is 0. The van der Waals surface area contributed by atoms with Crippen molar-refractivity contribution in [2.45, 2.75) is 26.5 Å². The molecule has 2 rings (SSSR count). The normalized spacial score (nSPS) is 19.2. The fourth-order valence-corrected chi connectivity index (χ4v) is 2.17. The Kier molecular flexibility index (Phi) is 4.50. The van der Waals surface area contributed by atoms with Gasteiger partial charge in [-0.2, -0.15) is 0 Å². The van der Waals surface area contributed by atoms with Gasteiger partial charge in [-0.3, -0.25) is 4.79 Å². The SMILES string of the molecule is Cc1cc(CNC(=O)C2CNCCO2)cc(C)c1F. The van der Waals surface area contributed by atoms with Crippen LogP contribution in [0.25, 0.3) is 0 Å². The van der Waals surface area contributed by atoms with E-state index in [4.69, 9.17) is 4.74 Å². The van der Waals surface area contributed by atoms with Crippen LogP contribution in [0.4, 0.5) is 4.39 Å². The highest BCUT2D eigenvalue weighted by molar-refractivity contribution is 5.81. The molecule has 1 fully saturated rings. The molecule has 4 nitrogen and oxygen atoms in total. The Morgan fingerprint density at radius 3 is 2.74 bits per heavy atom. The number of hydrogen-bond acceptors (Lipinski definition) is 3. The molecule has 2 N–H and O–H groups in total. The fourth-order valence-electron chi connectivity index (χ4n) is 2.17. The highest BCUT2D eigenvalue weighted by Gasteiger charge is 2.21. The highest BCUT2D eigenvalue weighted by atomic mass is 19.1. The zero-order valence-corrected chi connectivity index (χ0v) is 11.3. The van der Waals surface area contributed by atoms with Crippen molar-refractivity contribution in [3.63, 3.8) is 0 Å². The Labute approximate surface area is 112 Å². The van der Waals surface area contributed by atoms with Crippen molar-refractivity contribution in [2.24, 2.45) is 0 Å². The number of ether oxygens (including phenoxy) is 1. The molecular formula is C14H19FN2O2. The maximum atomic E-state index is 13.5.